The molecule has 0 bridgehead atoms. The fourth-order valence-corrected chi connectivity index (χ4v) is 1.68. The summed E-state index contributed by atoms with van der Waals surface area (Å²) >= 11 is 0. The van der Waals surface area contributed by atoms with Gasteiger partial charge in [-0.05, 0) is 24.1 Å². The first-order valence-corrected chi connectivity index (χ1v) is 5.02. The number of nitrogens with zero attached hydrogens (tertiary/aromatic N) is 1. The van der Waals surface area contributed by atoms with Gasteiger partial charge in [0, 0.05) is 19.0 Å². The third kappa shape index (κ3) is 2.10. The lowest BCUT2D eigenvalue weighted by molar-refractivity contribution is 0.130. The largest absolute Gasteiger partial charge is 0.364 e. The number of ether oxygens (including phenoxy) is 1. The second-order valence-corrected chi connectivity index (χ2v) is 3.62. The van der Waals surface area contributed by atoms with E-state index in [0.717, 1.165) is 0 Å². The lowest BCUT2D eigenvalue weighted by Crippen LogP contribution is -1.99. The smallest absolute Gasteiger partial charge is 0.122 e. The number of aromatic nitrogens is 1. The Morgan fingerprint density at radius 1 is 1.13 bits per heavy atom. The molecule has 0 aliphatic rings. The van der Waals surface area contributed by atoms with Crippen LogP contribution in [-0.2, 0) is 11.5 Å². The van der Waals surface area contributed by atoms with Gasteiger partial charge in [-0.2, -0.15) is 0 Å². The van der Waals surface area contributed by atoms with Crippen LogP contribution in [0, 0.1) is 6.92 Å². The number of hydrogen-bond donors (Lipinski definition) is 0. The van der Waals surface area contributed by atoms with Crippen LogP contribution in [0.5, 0.6) is 0 Å². The quantitative estimate of drug-likeness (QED) is 0.744. The molecule has 0 atom stereocenters. The molecule has 0 N–H and O–H groups in total. The van der Waals surface area contributed by atoms with E-state index in [0.29, 0.717) is 6.73 Å². The van der Waals surface area contributed by atoms with E-state index in [-0.39, 0.29) is 0 Å². The number of rotatable bonds is 3. The molecule has 0 spiro atoms. The minimum absolute atomic E-state index is 0.610. The van der Waals surface area contributed by atoms with Crippen LogP contribution in [0.1, 0.15) is 5.69 Å². The van der Waals surface area contributed by atoms with Crippen LogP contribution < -0.4 is 0 Å². The Labute approximate surface area is 90.1 Å². The Kier molecular flexibility index (Phi) is 2.88. The zero-order chi connectivity index (χ0) is 10.7. The van der Waals surface area contributed by atoms with E-state index in [2.05, 4.69) is 48.0 Å². The molecular weight excluding hydrogens is 186 g/mol. The average Bonchev–Trinajstić information content (AvgIpc) is 2.63. The second kappa shape index (κ2) is 4.32. The summed E-state index contributed by atoms with van der Waals surface area (Å²) in [6.45, 7) is 2.70. The van der Waals surface area contributed by atoms with E-state index in [4.69, 9.17) is 4.74 Å². The fourth-order valence-electron chi connectivity index (χ4n) is 1.68. The highest BCUT2D eigenvalue weighted by Gasteiger charge is 2.02. The summed E-state index contributed by atoms with van der Waals surface area (Å²) in [6.07, 6.45) is 2.12. The lowest BCUT2D eigenvalue weighted by atomic mass is 10.1. The maximum absolute atomic E-state index is 5.12. The second-order valence-electron chi connectivity index (χ2n) is 3.62. The molecule has 1 aromatic carbocycles. The molecule has 0 fully saturated rings. The normalized spacial score (nSPS) is 10.5. The molecule has 2 aromatic rings. The Morgan fingerprint density at radius 3 is 2.53 bits per heavy atom. The van der Waals surface area contributed by atoms with Crippen molar-refractivity contribution in [2.24, 2.45) is 0 Å². The van der Waals surface area contributed by atoms with Crippen LogP contribution in [-0.4, -0.2) is 11.7 Å². The molecule has 2 rings (SSSR count). The third-order valence-electron chi connectivity index (χ3n) is 2.49. The minimum Gasteiger partial charge on any atom is -0.364 e. The zero-order valence-corrected chi connectivity index (χ0v) is 9.10. The molecule has 15 heavy (non-hydrogen) atoms. The van der Waals surface area contributed by atoms with Crippen LogP contribution in [0.2, 0.25) is 0 Å². The Bertz CT molecular complexity index is 431. The van der Waals surface area contributed by atoms with E-state index in [1.54, 1.807) is 7.11 Å². The Balaban J connectivity index is 2.34. The molecule has 2 nitrogen and oxygen atoms in total. The molecule has 1 aromatic heterocycles. The SMILES string of the molecule is COCn1cc(-c2ccccc2)cc1C. The highest BCUT2D eigenvalue weighted by Crippen LogP contribution is 2.21. The molecule has 1 heterocycles. The number of benzene rings is 1. The van der Waals surface area contributed by atoms with Crippen molar-refractivity contribution >= 4 is 0 Å². The zero-order valence-electron chi connectivity index (χ0n) is 9.10. The maximum Gasteiger partial charge on any atom is 0.122 e. The van der Waals surface area contributed by atoms with Gasteiger partial charge in [0.2, 0.25) is 0 Å². The fraction of sp³-hybridized carbons (Fsp3) is 0.231. The first kappa shape index (κ1) is 9.99. The highest BCUT2D eigenvalue weighted by atomic mass is 16.5. The van der Waals surface area contributed by atoms with Gasteiger partial charge >= 0.3 is 0 Å². The number of hydrogen-bond acceptors (Lipinski definition) is 1. The highest BCUT2D eigenvalue weighted by molar-refractivity contribution is 5.63. The molecular formula is C13H15NO. The summed E-state index contributed by atoms with van der Waals surface area (Å²) in [5, 5.41) is 0. The van der Waals surface area contributed by atoms with Crippen molar-refractivity contribution in [3.05, 3.63) is 48.3 Å². The minimum atomic E-state index is 0.610. The molecule has 0 unspecified atom stereocenters. The molecule has 0 amide bonds. The number of methoxy groups -OCH3 is 1. The van der Waals surface area contributed by atoms with Crippen molar-refractivity contribution in [3.63, 3.8) is 0 Å². The Morgan fingerprint density at radius 2 is 1.87 bits per heavy atom. The number of aryl methyl sites for hydroxylation is 1. The molecule has 0 saturated carbocycles. The molecule has 0 aliphatic carbocycles. The molecule has 0 radical (unpaired) electrons. The topological polar surface area (TPSA) is 14.2 Å². The van der Waals surface area contributed by atoms with Gasteiger partial charge in [-0.25, -0.2) is 0 Å². The molecule has 0 saturated heterocycles. The summed E-state index contributed by atoms with van der Waals surface area (Å²) in [6, 6.07) is 12.5. The van der Waals surface area contributed by atoms with Crippen LogP contribution in [0.25, 0.3) is 11.1 Å². The van der Waals surface area contributed by atoms with Gasteiger partial charge in [0.15, 0.2) is 0 Å². The van der Waals surface area contributed by atoms with Crippen LogP contribution in [0.3, 0.4) is 0 Å². The van der Waals surface area contributed by atoms with E-state index in [1.807, 2.05) is 6.07 Å². The summed E-state index contributed by atoms with van der Waals surface area (Å²) < 4.78 is 7.22. The van der Waals surface area contributed by atoms with Gasteiger partial charge in [0.05, 0.1) is 0 Å². The van der Waals surface area contributed by atoms with Gasteiger partial charge in [-0.3, -0.25) is 0 Å². The van der Waals surface area contributed by atoms with E-state index in [9.17, 15) is 0 Å². The average molecular weight is 201 g/mol. The van der Waals surface area contributed by atoms with Crippen molar-refractivity contribution in [2.75, 3.05) is 7.11 Å². The predicted octanol–water partition coefficient (Wildman–Crippen LogP) is 3.07. The van der Waals surface area contributed by atoms with Gasteiger partial charge in [0.1, 0.15) is 6.73 Å². The molecule has 2 heteroatoms. The van der Waals surface area contributed by atoms with E-state index in [1.165, 1.54) is 16.8 Å². The standard InChI is InChI=1S/C13H15NO/c1-11-8-13(9-14(11)10-15-2)12-6-4-3-5-7-12/h3-9H,10H2,1-2H3. The molecule has 78 valence electrons. The van der Waals surface area contributed by atoms with Gasteiger partial charge in [-0.1, -0.05) is 30.3 Å². The third-order valence-corrected chi connectivity index (χ3v) is 2.49. The maximum atomic E-state index is 5.12. The van der Waals surface area contributed by atoms with Crippen molar-refractivity contribution in [3.8, 4) is 11.1 Å². The van der Waals surface area contributed by atoms with Gasteiger partial charge in [0.25, 0.3) is 0 Å². The Hall–Kier alpha value is -1.54. The van der Waals surface area contributed by atoms with Crippen molar-refractivity contribution in [1.82, 2.24) is 4.57 Å². The van der Waals surface area contributed by atoms with Crippen molar-refractivity contribution in [1.29, 1.82) is 0 Å². The monoisotopic (exact) mass is 201 g/mol. The lowest BCUT2D eigenvalue weighted by Gasteiger charge is -2.02. The van der Waals surface area contributed by atoms with Crippen molar-refractivity contribution < 1.29 is 4.74 Å². The summed E-state index contributed by atoms with van der Waals surface area (Å²) in [5.41, 5.74) is 3.70. The predicted molar refractivity (Wildman–Crippen MR) is 61.6 cm³/mol. The van der Waals surface area contributed by atoms with Crippen LogP contribution in [0.4, 0.5) is 0 Å². The first-order valence-electron chi connectivity index (χ1n) is 5.02. The van der Waals surface area contributed by atoms with Crippen LogP contribution >= 0.6 is 0 Å². The van der Waals surface area contributed by atoms with E-state index >= 15 is 0 Å². The van der Waals surface area contributed by atoms with Crippen molar-refractivity contribution in [2.45, 2.75) is 13.7 Å². The van der Waals surface area contributed by atoms with Gasteiger partial charge < -0.3 is 9.30 Å². The van der Waals surface area contributed by atoms with Crippen LogP contribution in [0.15, 0.2) is 42.6 Å². The summed E-state index contributed by atoms with van der Waals surface area (Å²) in [4.78, 5) is 0. The van der Waals surface area contributed by atoms with Gasteiger partial charge in [-0.15, -0.1) is 0 Å². The summed E-state index contributed by atoms with van der Waals surface area (Å²) in [5.74, 6) is 0. The first-order chi connectivity index (χ1) is 7.31. The molecule has 0 aliphatic heterocycles. The summed E-state index contributed by atoms with van der Waals surface area (Å²) in [7, 11) is 1.71. The van der Waals surface area contributed by atoms with E-state index < -0.39 is 0 Å².